The van der Waals surface area contributed by atoms with Crippen molar-refractivity contribution in [3.05, 3.63) is 6.67 Å². The van der Waals surface area contributed by atoms with Crippen molar-refractivity contribution < 1.29 is 15.1 Å². The normalized spacial score (nSPS) is 46.6. The molecule has 6 unspecified atom stereocenters. The third-order valence-corrected chi connectivity index (χ3v) is 7.11. The van der Waals surface area contributed by atoms with E-state index in [1.54, 1.807) is 0 Å². The number of nitrogens with zero attached hydrogens (tertiary/aromatic N) is 2. The second-order valence-electron chi connectivity index (χ2n) is 9.63. The molecule has 2 saturated carbocycles. The zero-order chi connectivity index (χ0) is 18.7. The van der Waals surface area contributed by atoms with Gasteiger partial charge < -0.3 is 9.80 Å². The topological polar surface area (TPSA) is 6.48 Å². The van der Waals surface area contributed by atoms with Crippen molar-refractivity contribution in [2.75, 3.05) is 13.1 Å². The summed E-state index contributed by atoms with van der Waals surface area (Å²) in [5.74, 6) is 5.18. The van der Waals surface area contributed by atoms with Gasteiger partial charge >= 0.3 is 25.2 Å². The first kappa shape index (κ1) is 22.0. The van der Waals surface area contributed by atoms with Crippen LogP contribution < -0.4 is 0 Å². The van der Waals surface area contributed by atoms with E-state index in [1.165, 1.54) is 38.8 Å². The first-order valence-electron chi connectivity index (χ1n) is 10.3. The van der Waals surface area contributed by atoms with Gasteiger partial charge in [-0.15, -0.1) is 0 Å². The summed E-state index contributed by atoms with van der Waals surface area (Å²) in [4.78, 5) is 5.44. The van der Waals surface area contributed by atoms with Gasteiger partial charge in [0.1, 0.15) is 0 Å². The van der Waals surface area contributed by atoms with Crippen molar-refractivity contribution in [1.82, 2.24) is 9.80 Å². The van der Waals surface area contributed by atoms with Crippen LogP contribution in [-0.4, -0.2) is 35.0 Å². The van der Waals surface area contributed by atoms with E-state index < -0.39 is 0 Å². The summed E-state index contributed by atoms with van der Waals surface area (Å²) in [5, 5.41) is 0. The Balaban J connectivity index is 0.00000109. The molecule has 0 aromatic heterocycles. The molecule has 151 valence electrons. The van der Waals surface area contributed by atoms with Crippen molar-refractivity contribution in [3.8, 4) is 0 Å². The molecule has 3 aliphatic rings. The van der Waals surface area contributed by atoms with Crippen molar-refractivity contribution in [2.45, 2.75) is 79.3 Å². The molecule has 0 amide bonds. The van der Waals surface area contributed by atoms with Gasteiger partial charge in [0.25, 0.3) is 0 Å². The molecule has 1 aliphatic heterocycles. The summed E-state index contributed by atoms with van der Waals surface area (Å²) in [6, 6.07) is 1.54. The zero-order valence-electron chi connectivity index (χ0n) is 17.0. The monoisotopic (exact) mass is 417 g/mol. The maximum absolute atomic E-state index is 4.20. The van der Waals surface area contributed by atoms with Crippen LogP contribution in [0.4, 0.5) is 0 Å². The fraction of sp³-hybridized carbons (Fsp3) is 0.952. The van der Waals surface area contributed by atoms with Gasteiger partial charge in [0.05, 0.1) is 0 Å². The van der Waals surface area contributed by atoms with Crippen LogP contribution in [0.3, 0.4) is 0 Å². The second-order valence-corrected chi connectivity index (χ2v) is 9.63. The summed E-state index contributed by atoms with van der Waals surface area (Å²) >= 11 is 3.66. The van der Waals surface area contributed by atoms with Crippen LogP contribution in [0.1, 0.15) is 67.2 Å². The van der Waals surface area contributed by atoms with E-state index >= 15 is 0 Å². The van der Waals surface area contributed by atoms with Gasteiger partial charge in [-0.1, -0.05) is 41.5 Å². The Bertz CT molecular complexity index is 347. The molecule has 1 saturated heterocycles. The molecule has 0 radical (unpaired) electrons. The molecule has 0 N–H and O–H groups in total. The molecule has 2 nitrogen and oxygen atoms in total. The summed E-state index contributed by atoms with van der Waals surface area (Å²) in [7, 11) is 4.20. The van der Waals surface area contributed by atoms with Crippen molar-refractivity contribution >= 4 is 10.1 Å². The summed E-state index contributed by atoms with van der Waals surface area (Å²) < 4.78 is 0. The SMILES string of the molecule is CC1CC(C)C(N2[CH-]N(C3C(C)CC(C)C[C@@H]3C)CC2)[C@H](C)C1.[Cl][Cu+]. The molecule has 0 aromatic rings. The second kappa shape index (κ2) is 9.78. The Morgan fingerprint density at radius 3 is 1.20 bits per heavy atom. The van der Waals surface area contributed by atoms with E-state index in [4.69, 9.17) is 0 Å². The number of hydrogen-bond donors (Lipinski definition) is 0. The molecule has 0 bridgehead atoms. The van der Waals surface area contributed by atoms with Crippen molar-refractivity contribution in [3.63, 3.8) is 0 Å². The molecule has 0 spiro atoms. The Morgan fingerprint density at radius 1 is 0.640 bits per heavy atom. The van der Waals surface area contributed by atoms with Gasteiger partial charge in [-0.25, -0.2) is 6.67 Å². The minimum atomic E-state index is 0.768. The minimum absolute atomic E-state index is 0.768. The fourth-order valence-corrected chi connectivity index (χ4v) is 6.71. The fourth-order valence-electron chi connectivity index (χ4n) is 6.71. The summed E-state index contributed by atoms with van der Waals surface area (Å²) in [6.45, 7) is 19.9. The van der Waals surface area contributed by atoms with Crippen LogP contribution in [-0.2, 0) is 15.1 Å². The van der Waals surface area contributed by atoms with Crippen LogP contribution in [0.15, 0.2) is 0 Å². The Labute approximate surface area is 169 Å². The van der Waals surface area contributed by atoms with Gasteiger partial charge in [-0.2, -0.15) is 0 Å². The molecule has 4 heteroatoms. The quantitative estimate of drug-likeness (QED) is 0.428. The van der Waals surface area contributed by atoms with Gasteiger partial charge in [-0.05, 0) is 86.4 Å². The Hall–Kier alpha value is 0.729. The summed E-state index contributed by atoms with van der Waals surface area (Å²) in [6.07, 6.45) is 5.64. The third-order valence-electron chi connectivity index (χ3n) is 7.11. The molecule has 0 aromatic carbocycles. The van der Waals surface area contributed by atoms with Crippen LogP contribution >= 0.6 is 10.1 Å². The number of hydrogen-bond acceptors (Lipinski definition) is 2. The van der Waals surface area contributed by atoms with E-state index in [2.05, 4.69) is 83.2 Å². The van der Waals surface area contributed by atoms with E-state index in [-0.39, 0.29) is 0 Å². The molecular weight excluding hydrogens is 379 g/mol. The zero-order valence-corrected chi connectivity index (χ0v) is 18.7. The predicted molar refractivity (Wildman–Crippen MR) is 105 cm³/mol. The first-order valence-corrected chi connectivity index (χ1v) is 11.6. The number of halogens is 1. The van der Waals surface area contributed by atoms with Gasteiger partial charge in [-0.3, -0.25) is 0 Å². The van der Waals surface area contributed by atoms with E-state index in [0.29, 0.717) is 0 Å². The predicted octanol–water partition coefficient (Wildman–Crippen LogP) is 5.55. The molecular formula is C21H39ClCuN2. The molecule has 3 rings (SSSR count). The van der Waals surface area contributed by atoms with Gasteiger partial charge in [0, 0.05) is 0 Å². The van der Waals surface area contributed by atoms with Crippen LogP contribution in [0, 0.1) is 42.2 Å². The standard InChI is InChI=1S/C21H39N2.ClH.Cu/c1-14-9-16(3)20(17(4)10-14)22-7-8-23(13-22)21-18(5)11-15(2)12-19(21)6;;/h13-21H,7-12H2,1-6H3;1H;/q-1;;+2/p-1/t14?,15?,16-,17?,18+,19?,20?,21?;;. The molecule has 3 fully saturated rings. The summed E-state index contributed by atoms with van der Waals surface area (Å²) in [5.41, 5.74) is 0. The van der Waals surface area contributed by atoms with Gasteiger partial charge in [0.15, 0.2) is 0 Å². The van der Waals surface area contributed by atoms with Crippen molar-refractivity contribution in [1.29, 1.82) is 0 Å². The van der Waals surface area contributed by atoms with E-state index in [1.807, 2.05) is 0 Å². The van der Waals surface area contributed by atoms with Gasteiger partial charge in [0.2, 0.25) is 0 Å². The van der Waals surface area contributed by atoms with Crippen LogP contribution in [0.25, 0.3) is 0 Å². The molecule has 2 aliphatic carbocycles. The van der Waals surface area contributed by atoms with E-state index in [0.717, 1.165) is 47.6 Å². The van der Waals surface area contributed by atoms with E-state index in [9.17, 15) is 0 Å². The maximum atomic E-state index is 4.20. The molecule has 1 heterocycles. The molecule has 25 heavy (non-hydrogen) atoms. The van der Waals surface area contributed by atoms with Crippen LogP contribution in [0.5, 0.6) is 0 Å². The van der Waals surface area contributed by atoms with Crippen LogP contribution in [0.2, 0.25) is 0 Å². The average Bonchev–Trinajstić information content (AvgIpc) is 2.96. The number of rotatable bonds is 2. The molecule has 8 atom stereocenters. The Morgan fingerprint density at radius 2 is 0.920 bits per heavy atom. The van der Waals surface area contributed by atoms with Crippen molar-refractivity contribution in [2.24, 2.45) is 35.5 Å². The third kappa shape index (κ3) is 5.17. The average molecular weight is 419 g/mol. The Kier molecular flexibility index (Phi) is 8.62. The first-order chi connectivity index (χ1) is 11.9.